The van der Waals surface area contributed by atoms with Crippen LogP contribution in [0.3, 0.4) is 0 Å². The number of aryl methyl sites for hydroxylation is 1. The molecule has 0 saturated carbocycles. The lowest BCUT2D eigenvalue weighted by molar-refractivity contribution is 0.507. The van der Waals surface area contributed by atoms with Crippen molar-refractivity contribution >= 4 is 5.57 Å². The zero-order valence-electron chi connectivity index (χ0n) is 18.5. The fourth-order valence-corrected chi connectivity index (χ4v) is 3.68. The molecule has 0 aliphatic carbocycles. The fraction of sp³-hybridized carbons (Fsp3) is 0.296. The van der Waals surface area contributed by atoms with Crippen LogP contribution in [0.25, 0.3) is 28.1 Å². The lowest BCUT2D eigenvalue weighted by atomic mass is 9.78. The molecule has 1 aromatic heterocycles. The Bertz CT molecular complexity index is 1030. The van der Waals surface area contributed by atoms with Crippen molar-refractivity contribution in [2.75, 3.05) is 0 Å². The van der Waals surface area contributed by atoms with Gasteiger partial charge in [0.2, 0.25) is 0 Å². The molecule has 0 saturated heterocycles. The van der Waals surface area contributed by atoms with Crippen LogP contribution in [0.15, 0.2) is 73.0 Å². The van der Waals surface area contributed by atoms with Crippen LogP contribution >= 0.6 is 0 Å². The molecule has 29 heavy (non-hydrogen) atoms. The molecule has 0 unspecified atom stereocenters. The number of imidazole rings is 1. The SMILES string of the molecule is C/C=C\C(=C/C)c1cn(C)c(-c2cc(-c3ccccc3)ccc2C(C)(C)CC)n1. The summed E-state index contributed by atoms with van der Waals surface area (Å²) in [5, 5.41) is 0. The molecule has 2 aromatic carbocycles. The summed E-state index contributed by atoms with van der Waals surface area (Å²) in [6.45, 7) is 11.0. The summed E-state index contributed by atoms with van der Waals surface area (Å²) >= 11 is 0. The van der Waals surface area contributed by atoms with Gasteiger partial charge in [-0.15, -0.1) is 0 Å². The van der Waals surface area contributed by atoms with Gasteiger partial charge in [-0.1, -0.05) is 81.5 Å². The molecule has 0 aliphatic heterocycles. The molecule has 0 aliphatic rings. The standard InChI is InChI=1S/C27H32N2/c1-7-13-20(8-2)25-19-29(6)26(28-25)23-18-22(21-14-11-10-12-15-21)16-17-24(23)27(4,5)9-3/h7-8,10-19H,9H2,1-6H3/b13-7-,20-8+. The summed E-state index contributed by atoms with van der Waals surface area (Å²) in [5.74, 6) is 1.01. The predicted octanol–water partition coefficient (Wildman–Crippen LogP) is 7.42. The van der Waals surface area contributed by atoms with E-state index >= 15 is 0 Å². The number of benzene rings is 2. The highest BCUT2D eigenvalue weighted by Gasteiger charge is 2.25. The normalized spacial score (nSPS) is 12.7. The molecule has 1 heterocycles. The average molecular weight is 385 g/mol. The molecule has 0 bridgehead atoms. The van der Waals surface area contributed by atoms with E-state index in [0.29, 0.717) is 0 Å². The maximum atomic E-state index is 5.06. The molecule has 0 fully saturated rings. The van der Waals surface area contributed by atoms with Gasteiger partial charge in [0, 0.05) is 18.8 Å². The Morgan fingerprint density at radius 1 is 1.03 bits per heavy atom. The lowest BCUT2D eigenvalue weighted by Crippen LogP contribution is -2.17. The summed E-state index contributed by atoms with van der Waals surface area (Å²) in [7, 11) is 2.09. The summed E-state index contributed by atoms with van der Waals surface area (Å²) in [4.78, 5) is 5.06. The second kappa shape index (κ2) is 8.65. The van der Waals surface area contributed by atoms with Crippen molar-refractivity contribution in [3.05, 3.63) is 84.2 Å². The van der Waals surface area contributed by atoms with E-state index in [0.717, 1.165) is 23.5 Å². The maximum Gasteiger partial charge on any atom is 0.140 e. The molecule has 0 amide bonds. The average Bonchev–Trinajstić information content (AvgIpc) is 3.13. The van der Waals surface area contributed by atoms with Gasteiger partial charge < -0.3 is 4.57 Å². The second-order valence-electron chi connectivity index (χ2n) is 8.17. The largest absolute Gasteiger partial charge is 0.333 e. The molecule has 0 N–H and O–H groups in total. The van der Waals surface area contributed by atoms with Crippen LogP contribution in [0.1, 0.15) is 52.3 Å². The fourth-order valence-electron chi connectivity index (χ4n) is 3.68. The van der Waals surface area contributed by atoms with Crippen LogP contribution in [0.5, 0.6) is 0 Å². The molecule has 2 nitrogen and oxygen atoms in total. The van der Waals surface area contributed by atoms with E-state index in [1.807, 2.05) is 6.92 Å². The Balaban J connectivity index is 2.22. The molecule has 0 atom stereocenters. The molecule has 0 spiro atoms. The van der Waals surface area contributed by atoms with Gasteiger partial charge in [0.25, 0.3) is 0 Å². The van der Waals surface area contributed by atoms with E-state index in [9.17, 15) is 0 Å². The first kappa shape index (κ1) is 20.9. The van der Waals surface area contributed by atoms with Crippen molar-refractivity contribution < 1.29 is 0 Å². The quantitative estimate of drug-likeness (QED) is 0.404. The van der Waals surface area contributed by atoms with Gasteiger partial charge in [-0.2, -0.15) is 0 Å². The van der Waals surface area contributed by atoms with Crippen molar-refractivity contribution in [1.82, 2.24) is 9.55 Å². The molecule has 3 rings (SSSR count). The first-order valence-electron chi connectivity index (χ1n) is 10.4. The minimum absolute atomic E-state index is 0.0728. The minimum Gasteiger partial charge on any atom is -0.333 e. The molecule has 150 valence electrons. The predicted molar refractivity (Wildman–Crippen MR) is 126 cm³/mol. The lowest BCUT2D eigenvalue weighted by Gasteiger charge is -2.27. The molecular formula is C27H32N2. The van der Waals surface area contributed by atoms with Gasteiger partial charge in [0.1, 0.15) is 5.82 Å². The number of allylic oxidation sites excluding steroid dienone is 4. The third-order valence-corrected chi connectivity index (χ3v) is 5.81. The van der Waals surface area contributed by atoms with Crippen molar-refractivity contribution in [2.24, 2.45) is 7.05 Å². The summed E-state index contributed by atoms with van der Waals surface area (Å²) in [5.41, 5.74) is 7.23. The van der Waals surface area contributed by atoms with Crippen LogP contribution in [0.4, 0.5) is 0 Å². The first-order chi connectivity index (χ1) is 13.9. The van der Waals surface area contributed by atoms with E-state index in [2.05, 4.69) is 112 Å². The van der Waals surface area contributed by atoms with Gasteiger partial charge in [-0.3, -0.25) is 0 Å². The van der Waals surface area contributed by atoms with Crippen molar-refractivity contribution in [2.45, 2.75) is 46.5 Å². The number of aromatic nitrogens is 2. The summed E-state index contributed by atoms with van der Waals surface area (Å²) in [6, 6.07) is 17.4. The van der Waals surface area contributed by atoms with Crippen LogP contribution < -0.4 is 0 Å². The van der Waals surface area contributed by atoms with Crippen LogP contribution in [0, 0.1) is 0 Å². The molecule has 0 radical (unpaired) electrons. The van der Waals surface area contributed by atoms with Crippen LogP contribution in [-0.2, 0) is 12.5 Å². The van der Waals surface area contributed by atoms with Gasteiger partial charge >= 0.3 is 0 Å². The number of hydrogen-bond acceptors (Lipinski definition) is 1. The van der Waals surface area contributed by atoms with Crippen molar-refractivity contribution in [3.63, 3.8) is 0 Å². The highest BCUT2D eigenvalue weighted by molar-refractivity contribution is 5.77. The second-order valence-corrected chi connectivity index (χ2v) is 8.17. The van der Waals surface area contributed by atoms with Gasteiger partial charge in [-0.05, 0) is 54.0 Å². The van der Waals surface area contributed by atoms with Crippen LogP contribution in [-0.4, -0.2) is 9.55 Å². The van der Waals surface area contributed by atoms with E-state index in [4.69, 9.17) is 4.98 Å². The zero-order valence-corrected chi connectivity index (χ0v) is 18.5. The molecular weight excluding hydrogens is 352 g/mol. The van der Waals surface area contributed by atoms with Crippen molar-refractivity contribution in [1.29, 1.82) is 0 Å². The summed E-state index contributed by atoms with van der Waals surface area (Å²) in [6.07, 6.45) is 9.49. The topological polar surface area (TPSA) is 17.8 Å². The number of nitrogens with zero attached hydrogens (tertiary/aromatic N) is 2. The Morgan fingerprint density at radius 2 is 1.76 bits per heavy atom. The van der Waals surface area contributed by atoms with Crippen molar-refractivity contribution in [3.8, 4) is 22.5 Å². The van der Waals surface area contributed by atoms with E-state index in [1.165, 1.54) is 22.3 Å². The zero-order chi connectivity index (χ0) is 21.0. The number of rotatable bonds is 6. The Morgan fingerprint density at radius 3 is 2.38 bits per heavy atom. The minimum atomic E-state index is 0.0728. The van der Waals surface area contributed by atoms with E-state index in [-0.39, 0.29) is 5.41 Å². The van der Waals surface area contributed by atoms with Crippen LogP contribution in [0.2, 0.25) is 0 Å². The van der Waals surface area contributed by atoms with Gasteiger partial charge in [0.05, 0.1) is 5.69 Å². The highest BCUT2D eigenvalue weighted by Crippen LogP contribution is 2.38. The highest BCUT2D eigenvalue weighted by atomic mass is 15.0. The smallest absolute Gasteiger partial charge is 0.140 e. The third kappa shape index (κ3) is 4.27. The third-order valence-electron chi connectivity index (χ3n) is 5.81. The monoisotopic (exact) mass is 384 g/mol. The Hall–Kier alpha value is -2.87. The summed E-state index contributed by atoms with van der Waals surface area (Å²) < 4.78 is 2.15. The van der Waals surface area contributed by atoms with E-state index in [1.54, 1.807) is 0 Å². The van der Waals surface area contributed by atoms with Gasteiger partial charge in [-0.25, -0.2) is 4.98 Å². The first-order valence-corrected chi connectivity index (χ1v) is 10.4. The molecule has 2 heteroatoms. The maximum absolute atomic E-state index is 5.06. The Kier molecular flexibility index (Phi) is 6.22. The van der Waals surface area contributed by atoms with Gasteiger partial charge in [0.15, 0.2) is 0 Å². The number of hydrogen-bond donors (Lipinski definition) is 0. The Labute approximate surface area is 175 Å². The molecule has 3 aromatic rings. The van der Waals surface area contributed by atoms with E-state index < -0.39 is 0 Å².